The van der Waals surface area contributed by atoms with Crippen LogP contribution in [0.2, 0.25) is 0 Å². The zero-order chi connectivity index (χ0) is 10.1. The Morgan fingerprint density at radius 3 is 3.00 bits per heavy atom. The molecule has 0 saturated heterocycles. The van der Waals surface area contributed by atoms with Crippen molar-refractivity contribution in [3.8, 4) is 0 Å². The van der Waals surface area contributed by atoms with Crippen molar-refractivity contribution in [2.45, 2.75) is 18.2 Å². The van der Waals surface area contributed by atoms with E-state index in [1.807, 2.05) is 6.08 Å². The molecule has 1 aliphatic carbocycles. The molecule has 0 fully saturated rings. The Labute approximate surface area is 100 Å². The van der Waals surface area contributed by atoms with E-state index in [1.54, 1.807) is 17.8 Å². The Morgan fingerprint density at radius 1 is 1.60 bits per heavy atom. The van der Waals surface area contributed by atoms with Crippen LogP contribution in [0.1, 0.15) is 12.8 Å². The highest BCUT2D eigenvalue weighted by atomic mass is 35.5. The van der Waals surface area contributed by atoms with E-state index in [1.165, 1.54) is 10.6 Å². The second-order valence-electron chi connectivity index (χ2n) is 3.55. The molecule has 15 heavy (non-hydrogen) atoms. The Bertz CT molecular complexity index is 327. The summed E-state index contributed by atoms with van der Waals surface area (Å²) in [5.41, 5.74) is 6.75. The molecule has 0 aromatic rings. The number of carbonyl (C=O) groups excluding carboxylic acids is 1. The SMILES string of the molecule is CN1C2=C(CC(=O)C=C2)SC1CCN.Cl. The standard InChI is InChI=1S/C10H14N2OS.ClH/c1-12-8-3-2-7(13)6-9(8)14-10(12)4-5-11;/h2-3,10H,4-6,11H2,1H3;1H. The van der Waals surface area contributed by atoms with Gasteiger partial charge in [-0.1, -0.05) is 0 Å². The number of likely N-dealkylation sites (N-methyl/N-ethyl adjacent to an activating group) is 1. The number of allylic oxidation sites excluding steroid dienone is 3. The lowest BCUT2D eigenvalue weighted by molar-refractivity contribution is -0.114. The summed E-state index contributed by atoms with van der Waals surface area (Å²) in [6.45, 7) is 0.695. The third kappa shape index (κ3) is 2.38. The minimum atomic E-state index is 0. The molecule has 0 aromatic carbocycles. The molecule has 1 heterocycles. The van der Waals surface area contributed by atoms with Gasteiger partial charge in [0, 0.05) is 24.1 Å². The van der Waals surface area contributed by atoms with Crippen LogP contribution in [-0.2, 0) is 4.79 Å². The lowest BCUT2D eigenvalue weighted by Gasteiger charge is -2.22. The zero-order valence-corrected chi connectivity index (χ0v) is 10.2. The van der Waals surface area contributed by atoms with Gasteiger partial charge in [-0.05, 0) is 25.1 Å². The zero-order valence-electron chi connectivity index (χ0n) is 8.60. The summed E-state index contributed by atoms with van der Waals surface area (Å²) in [6.07, 6.45) is 5.13. The number of hydrogen-bond acceptors (Lipinski definition) is 4. The average molecular weight is 247 g/mol. The van der Waals surface area contributed by atoms with Crippen LogP contribution in [0.3, 0.4) is 0 Å². The third-order valence-electron chi connectivity index (χ3n) is 2.55. The van der Waals surface area contributed by atoms with Gasteiger partial charge in [0.05, 0.1) is 5.37 Å². The molecule has 1 atom stereocenters. The molecule has 0 bridgehead atoms. The fourth-order valence-electron chi connectivity index (χ4n) is 1.78. The first-order valence-electron chi connectivity index (χ1n) is 4.76. The molecular weight excluding hydrogens is 232 g/mol. The summed E-state index contributed by atoms with van der Waals surface area (Å²) in [7, 11) is 2.07. The van der Waals surface area contributed by atoms with E-state index in [9.17, 15) is 4.79 Å². The van der Waals surface area contributed by atoms with Crippen molar-refractivity contribution in [1.29, 1.82) is 0 Å². The van der Waals surface area contributed by atoms with Crippen LogP contribution in [-0.4, -0.2) is 29.6 Å². The first-order valence-corrected chi connectivity index (χ1v) is 5.64. The number of halogens is 1. The minimum absolute atomic E-state index is 0. The molecule has 0 aromatic heterocycles. The predicted octanol–water partition coefficient (Wildman–Crippen LogP) is 1.50. The first-order chi connectivity index (χ1) is 6.72. The smallest absolute Gasteiger partial charge is 0.160 e. The summed E-state index contributed by atoms with van der Waals surface area (Å²) in [5.74, 6) is 0.207. The molecule has 5 heteroatoms. The molecule has 0 radical (unpaired) electrons. The van der Waals surface area contributed by atoms with E-state index in [-0.39, 0.29) is 18.2 Å². The van der Waals surface area contributed by atoms with Crippen molar-refractivity contribution < 1.29 is 4.79 Å². The number of hydrogen-bond donors (Lipinski definition) is 1. The maximum atomic E-state index is 11.2. The van der Waals surface area contributed by atoms with E-state index >= 15 is 0 Å². The normalized spacial score (nSPS) is 24.3. The molecular formula is C10H15ClN2OS. The summed E-state index contributed by atoms with van der Waals surface area (Å²) >= 11 is 1.78. The largest absolute Gasteiger partial charge is 0.362 e. The third-order valence-corrected chi connectivity index (χ3v) is 4.01. The monoisotopic (exact) mass is 246 g/mol. The number of ketones is 1. The first kappa shape index (κ1) is 12.6. The predicted molar refractivity (Wildman–Crippen MR) is 65.9 cm³/mol. The van der Waals surface area contributed by atoms with Crippen molar-refractivity contribution in [2.75, 3.05) is 13.6 Å². The van der Waals surface area contributed by atoms with Crippen LogP contribution in [0.5, 0.6) is 0 Å². The highest BCUT2D eigenvalue weighted by Gasteiger charge is 2.30. The van der Waals surface area contributed by atoms with Gasteiger partial charge in [0.1, 0.15) is 0 Å². The Morgan fingerprint density at radius 2 is 2.33 bits per heavy atom. The van der Waals surface area contributed by atoms with Crippen LogP contribution in [0.4, 0.5) is 0 Å². The van der Waals surface area contributed by atoms with Crippen LogP contribution in [0.25, 0.3) is 0 Å². The lowest BCUT2D eigenvalue weighted by atomic mass is 10.1. The summed E-state index contributed by atoms with van der Waals surface area (Å²) in [4.78, 5) is 14.6. The van der Waals surface area contributed by atoms with E-state index < -0.39 is 0 Å². The van der Waals surface area contributed by atoms with Gasteiger partial charge in [0.25, 0.3) is 0 Å². The molecule has 1 unspecified atom stereocenters. The molecule has 2 N–H and O–H groups in total. The second-order valence-corrected chi connectivity index (χ2v) is 4.82. The van der Waals surface area contributed by atoms with Gasteiger partial charge in [-0.15, -0.1) is 24.2 Å². The quantitative estimate of drug-likeness (QED) is 0.802. The fourth-order valence-corrected chi connectivity index (χ4v) is 3.19. The van der Waals surface area contributed by atoms with E-state index in [2.05, 4.69) is 11.9 Å². The van der Waals surface area contributed by atoms with Crippen LogP contribution in [0.15, 0.2) is 22.8 Å². The molecule has 3 nitrogen and oxygen atoms in total. The van der Waals surface area contributed by atoms with Crippen molar-refractivity contribution in [1.82, 2.24) is 4.90 Å². The van der Waals surface area contributed by atoms with E-state index in [4.69, 9.17) is 5.73 Å². The fraction of sp³-hybridized carbons (Fsp3) is 0.500. The van der Waals surface area contributed by atoms with Gasteiger partial charge in [-0.25, -0.2) is 0 Å². The summed E-state index contributed by atoms with van der Waals surface area (Å²) in [6, 6.07) is 0. The van der Waals surface area contributed by atoms with Crippen LogP contribution >= 0.6 is 24.2 Å². The summed E-state index contributed by atoms with van der Waals surface area (Å²) < 4.78 is 0. The van der Waals surface area contributed by atoms with Gasteiger partial charge in [-0.2, -0.15) is 0 Å². The van der Waals surface area contributed by atoms with Gasteiger partial charge in [0.2, 0.25) is 0 Å². The molecule has 0 saturated carbocycles. The molecule has 0 spiro atoms. The molecule has 2 rings (SSSR count). The second kappa shape index (κ2) is 5.05. The van der Waals surface area contributed by atoms with Crippen molar-refractivity contribution in [2.24, 2.45) is 5.73 Å². The minimum Gasteiger partial charge on any atom is -0.362 e. The Hall–Kier alpha value is -0.450. The van der Waals surface area contributed by atoms with Gasteiger partial charge >= 0.3 is 0 Å². The highest BCUT2D eigenvalue weighted by Crippen LogP contribution is 2.42. The van der Waals surface area contributed by atoms with Gasteiger partial charge in [-0.3, -0.25) is 4.79 Å². The number of rotatable bonds is 2. The molecule has 84 valence electrons. The van der Waals surface area contributed by atoms with Crippen LogP contribution in [0, 0.1) is 0 Å². The van der Waals surface area contributed by atoms with Crippen molar-refractivity contribution in [3.63, 3.8) is 0 Å². The molecule has 1 aliphatic heterocycles. The topological polar surface area (TPSA) is 46.3 Å². The highest BCUT2D eigenvalue weighted by molar-refractivity contribution is 8.03. The summed E-state index contributed by atoms with van der Waals surface area (Å²) in [5, 5.41) is 0.417. The maximum Gasteiger partial charge on any atom is 0.160 e. The van der Waals surface area contributed by atoms with Crippen molar-refractivity contribution in [3.05, 3.63) is 22.8 Å². The lowest BCUT2D eigenvalue weighted by Crippen LogP contribution is -2.25. The number of carbonyl (C=O) groups is 1. The van der Waals surface area contributed by atoms with Gasteiger partial charge < -0.3 is 10.6 Å². The number of thioether (sulfide) groups is 1. The Kier molecular flexibility index (Phi) is 4.25. The van der Waals surface area contributed by atoms with Gasteiger partial charge in [0.15, 0.2) is 5.78 Å². The van der Waals surface area contributed by atoms with E-state index in [0.29, 0.717) is 18.3 Å². The van der Waals surface area contributed by atoms with E-state index in [0.717, 1.165) is 6.42 Å². The molecule has 2 aliphatic rings. The number of nitrogens with two attached hydrogens (primary N) is 1. The molecule has 0 amide bonds. The average Bonchev–Trinajstić information content (AvgIpc) is 2.44. The van der Waals surface area contributed by atoms with Crippen LogP contribution < -0.4 is 5.73 Å². The Balaban J connectivity index is 0.00000112. The maximum absolute atomic E-state index is 11.2. The number of nitrogens with zero attached hydrogens (tertiary/aromatic N) is 1. The van der Waals surface area contributed by atoms with Crippen molar-refractivity contribution >= 4 is 30.0 Å².